The molecule has 0 bridgehead atoms. The Balaban J connectivity index is 2.53. The molecular weight excluding hydrogens is 339 g/mol. The SMILES string of the molecule is COC(=O)C(C)(C)C(O)(Cn1cncn1)c1ccc(C(F)(F)F)cc1. The summed E-state index contributed by atoms with van der Waals surface area (Å²) in [5.41, 5.74) is -4.06. The van der Waals surface area contributed by atoms with E-state index in [1.165, 1.54) is 38.3 Å². The highest BCUT2D eigenvalue weighted by molar-refractivity contribution is 5.77. The van der Waals surface area contributed by atoms with Crippen LogP contribution in [0.2, 0.25) is 0 Å². The number of carbonyl (C=O) groups is 1. The predicted molar refractivity (Wildman–Crippen MR) is 81.2 cm³/mol. The number of hydrogen-bond acceptors (Lipinski definition) is 5. The van der Waals surface area contributed by atoms with Crippen molar-refractivity contribution in [3.63, 3.8) is 0 Å². The van der Waals surface area contributed by atoms with Crippen LogP contribution in [0.25, 0.3) is 0 Å². The molecule has 0 spiro atoms. The topological polar surface area (TPSA) is 77.2 Å². The fourth-order valence-corrected chi connectivity index (χ4v) is 2.56. The van der Waals surface area contributed by atoms with E-state index >= 15 is 0 Å². The van der Waals surface area contributed by atoms with Crippen LogP contribution in [-0.4, -0.2) is 33.0 Å². The Kier molecular flexibility index (Phi) is 4.90. The predicted octanol–water partition coefficient (Wildman–Crippen LogP) is 2.38. The van der Waals surface area contributed by atoms with Gasteiger partial charge in [-0.3, -0.25) is 4.79 Å². The third kappa shape index (κ3) is 3.51. The van der Waals surface area contributed by atoms with Crippen molar-refractivity contribution in [3.05, 3.63) is 48.0 Å². The number of ether oxygens (including phenoxy) is 1. The molecule has 1 aromatic heterocycles. The summed E-state index contributed by atoms with van der Waals surface area (Å²) < 4.78 is 44.4. The average molecular weight is 357 g/mol. The molecule has 0 radical (unpaired) electrons. The van der Waals surface area contributed by atoms with E-state index in [9.17, 15) is 23.1 Å². The van der Waals surface area contributed by atoms with Gasteiger partial charge in [0.1, 0.15) is 18.3 Å². The van der Waals surface area contributed by atoms with Crippen molar-refractivity contribution in [1.82, 2.24) is 14.8 Å². The molecule has 0 saturated carbocycles. The number of carbonyl (C=O) groups excluding carboxylic acids is 1. The van der Waals surface area contributed by atoms with Gasteiger partial charge in [0.25, 0.3) is 0 Å². The molecule has 0 saturated heterocycles. The van der Waals surface area contributed by atoms with Crippen molar-refractivity contribution in [3.8, 4) is 0 Å². The number of rotatable bonds is 5. The highest BCUT2D eigenvalue weighted by atomic mass is 19.4. The molecule has 0 aliphatic rings. The van der Waals surface area contributed by atoms with Crippen LogP contribution in [0, 0.1) is 5.41 Å². The fourth-order valence-electron chi connectivity index (χ4n) is 2.56. The highest BCUT2D eigenvalue weighted by Gasteiger charge is 2.51. The van der Waals surface area contributed by atoms with E-state index in [1.807, 2.05) is 0 Å². The van der Waals surface area contributed by atoms with Gasteiger partial charge in [0.15, 0.2) is 0 Å². The van der Waals surface area contributed by atoms with Crippen LogP contribution in [-0.2, 0) is 27.9 Å². The number of aliphatic hydroxyl groups is 1. The van der Waals surface area contributed by atoms with E-state index in [0.29, 0.717) is 0 Å². The molecule has 1 unspecified atom stereocenters. The van der Waals surface area contributed by atoms with Crippen molar-refractivity contribution < 1.29 is 27.8 Å². The first-order chi connectivity index (χ1) is 11.5. The van der Waals surface area contributed by atoms with E-state index in [1.54, 1.807) is 0 Å². The summed E-state index contributed by atoms with van der Waals surface area (Å²) in [7, 11) is 1.17. The minimum atomic E-state index is -4.50. The molecule has 1 N–H and O–H groups in total. The van der Waals surface area contributed by atoms with Gasteiger partial charge in [0, 0.05) is 0 Å². The van der Waals surface area contributed by atoms with Crippen molar-refractivity contribution in [2.75, 3.05) is 7.11 Å². The number of hydrogen-bond donors (Lipinski definition) is 1. The largest absolute Gasteiger partial charge is 0.469 e. The van der Waals surface area contributed by atoms with Gasteiger partial charge in [-0.15, -0.1) is 0 Å². The molecule has 136 valence electrons. The monoisotopic (exact) mass is 357 g/mol. The molecule has 0 aliphatic heterocycles. The van der Waals surface area contributed by atoms with Gasteiger partial charge in [-0.2, -0.15) is 18.3 Å². The normalized spacial score (nSPS) is 14.8. The van der Waals surface area contributed by atoms with Crippen molar-refractivity contribution in [2.45, 2.75) is 32.2 Å². The molecule has 2 aromatic rings. The molecule has 6 nitrogen and oxygen atoms in total. The Hall–Kier alpha value is -2.42. The van der Waals surface area contributed by atoms with Crippen LogP contribution >= 0.6 is 0 Å². The first-order valence-corrected chi connectivity index (χ1v) is 7.33. The number of aromatic nitrogens is 3. The lowest BCUT2D eigenvalue weighted by Gasteiger charge is -2.40. The number of methoxy groups -OCH3 is 1. The van der Waals surface area contributed by atoms with Gasteiger partial charge < -0.3 is 9.84 Å². The molecule has 0 amide bonds. The van der Waals surface area contributed by atoms with Crippen molar-refractivity contribution >= 4 is 5.97 Å². The quantitative estimate of drug-likeness (QED) is 0.832. The zero-order valence-electron chi connectivity index (χ0n) is 13.9. The first kappa shape index (κ1) is 18.9. The zero-order valence-corrected chi connectivity index (χ0v) is 13.9. The lowest BCUT2D eigenvalue weighted by atomic mass is 9.70. The Morgan fingerprint density at radius 1 is 1.20 bits per heavy atom. The van der Waals surface area contributed by atoms with Crippen molar-refractivity contribution in [1.29, 1.82) is 0 Å². The van der Waals surface area contributed by atoms with E-state index in [-0.39, 0.29) is 12.1 Å². The van der Waals surface area contributed by atoms with Gasteiger partial charge >= 0.3 is 12.1 Å². The van der Waals surface area contributed by atoms with Crippen LogP contribution in [0.4, 0.5) is 13.2 Å². The summed E-state index contributed by atoms with van der Waals surface area (Å²) in [5, 5.41) is 15.2. The molecule has 1 heterocycles. The smallest absolute Gasteiger partial charge is 0.416 e. The first-order valence-electron chi connectivity index (χ1n) is 7.33. The minimum absolute atomic E-state index is 0.131. The van der Waals surface area contributed by atoms with E-state index in [4.69, 9.17) is 4.74 Å². The number of esters is 1. The van der Waals surface area contributed by atoms with Crippen molar-refractivity contribution in [2.24, 2.45) is 5.41 Å². The van der Waals surface area contributed by atoms with E-state index in [2.05, 4.69) is 10.1 Å². The third-order valence-electron chi connectivity index (χ3n) is 4.28. The molecule has 0 aliphatic carbocycles. The molecule has 25 heavy (non-hydrogen) atoms. The second kappa shape index (κ2) is 6.47. The summed E-state index contributed by atoms with van der Waals surface area (Å²) in [6.07, 6.45) is -1.92. The summed E-state index contributed by atoms with van der Waals surface area (Å²) >= 11 is 0. The number of nitrogens with zero attached hydrogens (tertiary/aromatic N) is 3. The fraction of sp³-hybridized carbons (Fsp3) is 0.438. The lowest BCUT2D eigenvalue weighted by molar-refractivity contribution is -0.173. The Labute approximate surface area is 142 Å². The van der Waals surface area contributed by atoms with Gasteiger partial charge in [0.2, 0.25) is 0 Å². The minimum Gasteiger partial charge on any atom is -0.469 e. The lowest BCUT2D eigenvalue weighted by Crippen LogP contribution is -2.50. The highest BCUT2D eigenvalue weighted by Crippen LogP contribution is 2.42. The maximum atomic E-state index is 12.8. The maximum absolute atomic E-state index is 12.8. The molecule has 0 fully saturated rings. The molecule has 1 aromatic carbocycles. The van der Waals surface area contributed by atoms with Crippen LogP contribution in [0.15, 0.2) is 36.9 Å². The molecular formula is C16H18F3N3O3. The summed E-state index contributed by atoms with van der Waals surface area (Å²) in [6.45, 7) is 2.71. The number of benzene rings is 1. The van der Waals surface area contributed by atoms with Gasteiger partial charge in [-0.25, -0.2) is 9.67 Å². The summed E-state index contributed by atoms with van der Waals surface area (Å²) in [5.74, 6) is -0.713. The molecule has 1 atom stereocenters. The molecule has 9 heteroatoms. The van der Waals surface area contributed by atoms with Gasteiger partial charge in [0.05, 0.1) is 24.6 Å². The second-order valence-corrected chi connectivity index (χ2v) is 6.15. The van der Waals surface area contributed by atoms with Gasteiger partial charge in [-0.1, -0.05) is 12.1 Å². The Morgan fingerprint density at radius 3 is 2.20 bits per heavy atom. The van der Waals surface area contributed by atoms with E-state index < -0.39 is 28.7 Å². The average Bonchev–Trinajstić information content (AvgIpc) is 3.05. The van der Waals surface area contributed by atoms with Crippen LogP contribution < -0.4 is 0 Å². The second-order valence-electron chi connectivity index (χ2n) is 6.15. The summed E-state index contributed by atoms with van der Waals surface area (Å²) in [4.78, 5) is 16.0. The number of halogens is 3. The maximum Gasteiger partial charge on any atom is 0.416 e. The Morgan fingerprint density at radius 2 is 1.76 bits per heavy atom. The van der Waals surface area contributed by atoms with Gasteiger partial charge in [-0.05, 0) is 31.5 Å². The standard InChI is InChI=1S/C16H18F3N3O3/c1-14(2,13(23)25-3)15(24,8-22-10-20-9-21-22)11-4-6-12(7-5-11)16(17,18)19/h4-7,9-10,24H,8H2,1-3H3. The van der Waals surface area contributed by atoms with Crippen LogP contribution in [0.5, 0.6) is 0 Å². The number of alkyl halides is 3. The van der Waals surface area contributed by atoms with E-state index in [0.717, 1.165) is 24.3 Å². The Bertz CT molecular complexity index is 727. The zero-order chi connectivity index (χ0) is 18.9. The molecule has 2 rings (SSSR count). The third-order valence-corrected chi connectivity index (χ3v) is 4.28. The van der Waals surface area contributed by atoms with Crippen LogP contribution in [0.1, 0.15) is 25.0 Å². The summed E-state index contributed by atoms with van der Waals surface area (Å²) in [6, 6.07) is 4.00. The van der Waals surface area contributed by atoms with Crippen LogP contribution in [0.3, 0.4) is 0 Å².